The van der Waals surface area contributed by atoms with Gasteiger partial charge in [-0.05, 0) is 43.8 Å². The van der Waals surface area contributed by atoms with Crippen molar-refractivity contribution in [3.8, 4) is 0 Å². The Morgan fingerprint density at radius 3 is 2.86 bits per heavy atom. The molecule has 0 amide bonds. The van der Waals surface area contributed by atoms with E-state index in [0.717, 1.165) is 36.0 Å². The Morgan fingerprint density at radius 1 is 1.36 bits per heavy atom. The fourth-order valence-electron chi connectivity index (χ4n) is 2.83. The summed E-state index contributed by atoms with van der Waals surface area (Å²) >= 11 is 0. The number of nitrogens with one attached hydrogen (secondary N) is 2. The molecule has 2 N–H and O–H groups in total. The first-order chi connectivity index (χ1) is 10.5. The lowest BCUT2D eigenvalue weighted by Crippen LogP contribution is -2.23. The molecule has 0 fully saturated rings. The monoisotopic (exact) mass is 319 g/mol. The predicted molar refractivity (Wildman–Crippen MR) is 90.1 cm³/mol. The van der Waals surface area contributed by atoms with Crippen LogP contribution in [-0.2, 0) is 15.8 Å². The second-order valence-electron chi connectivity index (χ2n) is 5.79. The van der Waals surface area contributed by atoms with Crippen LogP contribution in [0.2, 0.25) is 0 Å². The summed E-state index contributed by atoms with van der Waals surface area (Å²) in [5.41, 5.74) is 4.36. The Morgan fingerprint density at radius 2 is 2.18 bits per heavy atom. The third-order valence-corrected chi connectivity index (χ3v) is 5.51. The van der Waals surface area contributed by atoms with Crippen LogP contribution in [-0.4, -0.2) is 45.5 Å². The molecule has 1 aromatic carbocycles. The van der Waals surface area contributed by atoms with Crippen LogP contribution in [0.4, 0.5) is 0 Å². The van der Waals surface area contributed by atoms with Gasteiger partial charge in [0.15, 0.2) is 0 Å². The Bertz CT molecular complexity index is 821. The molecule has 0 aliphatic carbocycles. The summed E-state index contributed by atoms with van der Waals surface area (Å²) in [5.74, 6) is 0.00580. The number of aromatic amines is 1. The standard InChI is InChI=1S/C16H21N3O2S/c1-17-22(20,21)11-12-3-4-16-14(9-12)15(10-18-16)13-5-7-19(2)8-6-13/h3-5,9-10,17-18H,6-8,11H2,1-2H3. The van der Waals surface area contributed by atoms with Gasteiger partial charge in [0.1, 0.15) is 0 Å². The van der Waals surface area contributed by atoms with Gasteiger partial charge in [0.25, 0.3) is 0 Å². The molecule has 3 rings (SSSR count). The molecule has 0 atom stereocenters. The van der Waals surface area contributed by atoms with Crippen LogP contribution >= 0.6 is 0 Å². The minimum absolute atomic E-state index is 0.00580. The van der Waals surface area contributed by atoms with E-state index in [4.69, 9.17) is 0 Å². The Balaban J connectivity index is 1.99. The number of fused-ring (bicyclic) bond motifs is 1. The molecule has 0 radical (unpaired) electrons. The third kappa shape index (κ3) is 3.09. The lowest BCUT2D eigenvalue weighted by molar-refractivity contribution is 0.370. The summed E-state index contributed by atoms with van der Waals surface area (Å²) in [6.45, 7) is 2.00. The molecule has 0 spiro atoms. The lowest BCUT2D eigenvalue weighted by Gasteiger charge is -2.21. The summed E-state index contributed by atoms with van der Waals surface area (Å²) in [5, 5.41) is 1.10. The van der Waals surface area contributed by atoms with E-state index in [-0.39, 0.29) is 5.75 Å². The number of sulfonamides is 1. The van der Waals surface area contributed by atoms with E-state index in [1.165, 1.54) is 18.2 Å². The summed E-state index contributed by atoms with van der Waals surface area (Å²) in [4.78, 5) is 5.56. The van der Waals surface area contributed by atoms with Gasteiger partial charge in [-0.25, -0.2) is 13.1 Å². The highest BCUT2D eigenvalue weighted by Gasteiger charge is 2.15. The molecule has 1 aromatic heterocycles. The molecule has 1 aliphatic rings. The average molecular weight is 319 g/mol. The number of hydrogen-bond donors (Lipinski definition) is 2. The van der Waals surface area contributed by atoms with E-state index >= 15 is 0 Å². The summed E-state index contributed by atoms with van der Waals surface area (Å²) in [6, 6.07) is 5.80. The van der Waals surface area contributed by atoms with Gasteiger partial charge in [-0.3, -0.25) is 0 Å². The quantitative estimate of drug-likeness (QED) is 0.905. The molecule has 118 valence electrons. The fourth-order valence-corrected chi connectivity index (χ4v) is 3.59. The lowest BCUT2D eigenvalue weighted by atomic mass is 9.98. The number of rotatable bonds is 4. The van der Waals surface area contributed by atoms with Gasteiger partial charge >= 0.3 is 0 Å². The van der Waals surface area contributed by atoms with E-state index in [0.29, 0.717) is 0 Å². The van der Waals surface area contributed by atoms with Gasteiger partial charge in [-0.2, -0.15) is 0 Å². The van der Waals surface area contributed by atoms with Crippen molar-refractivity contribution in [1.82, 2.24) is 14.6 Å². The minimum Gasteiger partial charge on any atom is -0.361 e. The molecule has 2 heterocycles. The van der Waals surface area contributed by atoms with Gasteiger partial charge in [-0.15, -0.1) is 0 Å². The third-order valence-electron chi connectivity index (χ3n) is 4.17. The van der Waals surface area contributed by atoms with Crippen LogP contribution < -0.4 is 4.72 Å². The van der Waals surface area contributed by atoms with Gasteiger partial charge in [0.05, 0.1) is 5.75 Å². The van der Waals surface area contributed by atoms with E-state index < -0.39 is 10.0 Å². The Kier molecular flexibility index (Phi) is 4.08. The number of hydrogen-bond acceptors (Lipinski definition) is 3. The zero-order chi connectivity index (χ0) is 15.7. The number of aromatic nitrogens is 1. The van der Waals surface area contributed by atoms with Crippen LogP contribution in [0.25, 0.3) is 16.5 Å². The first-order valence-electron chi connectivity index (χ1n) is 7.38. The molecular weight excluding hydrogens is 298 g/mol. The largest absolute Gasteiger partial charge is 0.361 e. The highest BCUT2D eigenvalue weighted by molar-refractivity contribution is 7.88. The molecule has 0 unspecified atom stereocenters. The van der Waals surface area contributed by atoms with Crippen molar-refractivity contribution in [2.75, 3.05) is 27.2 Å². The Labute approximate surface area is 131 Å². The average Bonchev–Trinajstić information content (AvgIpc) is 2.91. The van der Waals surface area contributed by atoms with Crippen molar-refractivity contribution < 1.29 is 8.42 Å². The predicted octanol–water partition coefficient (Wildman–Crippen LogP) is 1.94. The molecule has 0 bridgehead atoms. The SMILES string of the molecule is CNS(=O)(=O)Cc1ccc2[nH]cc(C3=CCN(C)CC3)c2c1. The second kappa shape index (κ2) is 5.87. The van der Waals surface area contributed by atoms with Crippen LogP contribution in [0.5, 0.6) is 0 Å². The zero-order valence-corrected chi connectivity index (χ0v) is 13.7. The van der Waals surface area contributed by atoms with Crippen molar-refractivity contribution in [1.29, 1.82) is 0 Å². The van der Waals surface area contributed by atoms with Crippen LogP contribution in [0.3, 0.4) is 0 Å². The maximum Gasteiger partial charge on any atom is 0.215 e. The number of nitrogens with zero attached hydrogens (tertiary/aromatic N) is 1. The summed E-state index contributed by atoms with van der Waals surface area (Å²) in [6.07, 6.45) is 5.30. The molecular formula is C16H21N3O2S. The van der Waals surface area contributed by atoms with Crippen molar-refractivity contribution in [2.24, 2.45) is 0 Å². The first-order valence-corrected chi connectivity index (χ1v) is 9.03. The summed E-state index contributed by atoms with van der Waals surface area (Å²) < 4.78 is 25.8. The number of likely N-dealkylation sites (N-methyl/N-ethyl adjacent to an activating group) is 1. The summed E-state index contributed by atoms with van der Waals surface area (Å²) in [7, 11) is 0.307. The molecule has 22 heavy (non-hydrogen) atoms. The van der Waals surface area contributed by atoms with Gasteiger partial charge < -0.3 is 9.88 Å². The van der Waals surface area contributed by atoms with Crippen molar-refractivity contribution in [3.05, 3.63) is 41.6 Å². The fraction of sp³-hybridized carbons (Fsp3) is 0.375. The molecule has 1 aliphatic heterocycles. The minimum atomic E-state index is -3.25. The number of benzene rings is 1. The second-order valence-corrected chi connectivity index (χ2v) is 7.71. The van der Waals surface area contributed by atoms with E-state index in [2.05, 4.69) is 27.7 Å². The number of H-pyrrole nitrogens is 1. The van der Waals surface area contributed by atoms with Crippen LogP contribution in [0, 0.1) is 0 Å². The highest BCUT2D eigenvalue weighted by Crippen LogP contribution is 2.30. The maximum atomic E-state index is 11.7. The van der Waals surface area contributed by atoms with E-state index in [1.54, 1.807) is 0 Å². The van der Waals surface area contributed by atoms with Gasteiger partial charge in [0.2, 0.25) is 10.0 Å². The van der Waals surface area contributed by atoms with Crippen molar-refractivity contribution in [2.45, 2.75) is 12.2 Å². The van der Waals surface area contributed by atoms with Crippen molar-refractivity contribution >= 4 is 26.5 Å². The molecule has 0 saturated heterocycles. The van der Waals surface area contributed by atoms with Crippen molar-refractivity contribution in [3.63, 3.8) is 0 Å². The van der Waals surface area contributed by atoms with Gasteiger partial charge in [0, 0.05) is 35.8 Å². The normalized spacial score (nSPS) is 16.9. The van der Waals surface area contributed by atoms with E-state index in [1.807, 2.05) is 24.4 Å². The van der Waals surface area contributed by atoms with Crippen LogP contribution in [0.1, 0.15) is 17.5 Å². The molecule has 5 nitrogen and oxygen atoms in total. The molecule has 0 saturated carbocycles. The molecule has 2 aromatic rings. The topological polar surface area (TPSA) is 65.2 Å². The maximum absolute atomic E-state index is 11.7. The van der Waals surface area contributed by atoms with Crippen LogP contribution in [0.15, 0.2) is 30.5 Å². The van der Waals surface area contributed by atoms with Gasteiger partial charge in [-0.1, -0.05) is 12.1 Å². The highest BCUT2D eigenvalue weighted by atomic mass is 32.2. The first kappa shape index (κ1) is 15.3. The molecule has 6 heteroatoms. The zero-order valence-electron chi connectivity index (χ0n) is 12.9. The Hall–Kier alpha value is -1.63. The van der Waals surface area contributed by atoms with E-state index in [9.17, 15) is 8.42 Å². The smallest absolute Gasteiger partial charge is 0.215 e.